The SMILES string of the molecule is C1=Cc2c(n(-c3cccc(-c4ccc(-c5ccccc5)s4)c3)c3ccc(-c4ccc(N(c5ccccc5)c5cccc6ccccc56)cc4)cc23)CC1. The summed E-state index contributed by atoms with van der Waals surface area (Å²) in [7, 11) is 0. The van der Waals surface area contributed by atoms with Gasteiger partial charge in [0.2, 0.25) is 0 Å². The Morgan fingerprint density at radius 2 is 1.17 bits per heavy atom. The molecule has 2 aromatic heterocycles. The third-order valence-corrected chi connectivity index (χ3v) is 11.7. The maximum atomic E-state index is 2.50. The fourth-order valence-electron chi connectivity index (χ4n) is 7.96. The maximum Gasteiger partial charge on any atom is 0.0540 e. The quantitative estimate of drug-likeness (QED) is 0.161. The molecule has 3 heteroatoms. The van der Waals surface area contributed by atoms with Crippen LogP contribution in [0.1, 0.15) is 17.7 Å². The van der Waals surface area contributed by atoms with Gasteiger partial charge >= 0.3 is 0 Å². The van der Waals surface area contributed by atoms with Crippen molar-refractivity contribution in [1.29, 1.82) is 0 Å². The number of rotatable bonds is 7. The zero-order valence-corrected chi connectivity index (χ0v) is 30.0. The summed E-state index contributed by atoms with van der Waals surface area (Å²) in [4.78, 5) is 4.94. The summed E-state index contributed by atoms with van der Waals surface area (Å²) < 4.78 is 2.50. The molecule has 0 bridgehead atoms. The molecular formula is C50H36N2S. The van der Waals surface area contributed by atoms with Crippen LogP contribution in [-0.2, 0) is 6.42 Å². The highest BCUT2D eigenvalue weighted by molar-refractivity contribution is 7.18. The molecule has 0 saturated carbocycles. The van der Waals surface area contributed by atoms with Crippen LogP contribution in [0, 0.1) is 0 Å². The van der Waals surface area contributed by atoms with E-state index in [0.29, 0.717) is 0 Å². The highest BCUT2D eigenvalue weighted by Gasteiger charge is 2.20. The minimum absolute atomic E-state index is 1.02. The number of aromatic nitrogens is 1. The molecule has 53 heavy (non-hydrogen) atoms. The fourth-order valence-corrected chi connectivity index (χ4v) is 8.96. The largest absolute Gasteiger partial charge is 0.313 e. The first kappa shape index (κ1) is 31.3. The molecular weight excluding hydrogens is 661 g/mol. The van der Waals surface area contributed by atoms with Crippen LogP contribution in [0.4, 0.5) is 17.1 Å². The molecule has 0 unspecified atom stereocenters. The van der Waals surface area contributed by atoms with Crippen molar-refractivity contribution in [2.75, 3.05) is 4.90 Å². The number of allylic oxidation sites excluding steroid dienone is 1. The van der Waals surface area contributed by atoms with Gasteiger partial charge in [0, 0.05) is 48.8 Å². The molecule has 0 aliphatic heterocycles. The Bertz CT molecular complexity index is 2760. The Balaban J connectivity index is 1.03. The topological polar surface area (TPSA) is 8.17 Å². The Morgan fingerprint density at radius 1 is 0.491 bits per heavy atom. The zero-order valence-electron chi connectivity index (χ0n) is 29.2. The number of thiophene rings is 1. The van der Waals surface area contributed by atoms with Gasteiger partial charge in [-0.15, -0.1) is 11.3 Å². The second-order valence-electron chi connectivity index (χ2n) is 13.7. The van der Waals surface area contributed by atoms with E-state index in [2.05, 4.69) is 204 Å². The first-order valence-electron chi connectivity index (χ1n) is 18.3. The van der Waals surface area contributed by atoms with Crippen LogP contribution in [0.3, 0.4) is 0 Å². The lowest BCUT2D eigenvalue weighted by Crippen LogP contribution is -2.10. The molecule has 10 rings (SSSR count). The summed E-state index contributed by atoms with van der Waals surface area (Å²) in [5.41, 5.74) is 13.6. The van der Waals surface area contributed by atoms with E-state index in [1.165, 1.54) is 76.3 Å². The number of para-hydroxylation sites is 1. The number of nitrogens with zero attached hydrogens (tertiary/aromatic N) is 2. The zero-order chi connectivity index (χ0) is 35.1. The Labute approximate surface area is 314 Å². The number of hydrogen-bond donors (Lipinski definition) is 0. The Kier molecular flexibility index (Phi) is 7.85. The summed E-state index contributed by atoms with van der Waals surface area (Å²) >= 11 is 1.85. The third-order valence-electron chi connectivity index (χ3n) is 10.5. The molecule has 0 saturated heterocycles. The van der Waals surface area contributed by atoms with Crippen molar-refractivity contribution < 1.29 is 0 Å². The van der Waals surface area contributed by atoms with Crippen molar-refractivity contribution in [2.45, 2.75) is 12.8 Å². The van der Waals surface area contributed by atoms with Crippen LogP contribution in [0.25, 0.3) is 65.4 Å². The van der Waals surface area contributed by atoms with Crippen LogP contribution in [0.15, 0.2) is 188 Å². The third kappa shape index (κ3) is 5.67. The lowest BCUT2D eigenvalue weighted by Gasteiger charge is -2.27. The highest BCUT2D eigenvalue weighted by Crippen LogP contribution is 2.41. The second kappa shape index (κ2) is 13.3. The predicted octanol–water partition coefficient (Wildman–Crippen LogP) is 14.3. The fraction of sp³-hybridized carbons (Fsp3) is 0.0400. The molecule has 0 fully saturated rings. The molecule has 252 valence electrons. The normalized spacial score (nSPS) is 12.3. The molecule has 9 aromatic rings. The van der Waals surface area contributed by atoms with E-state index < -0.39 is 0 Å². The molecule has 0 atom stereocenters. The lowest BCUT2D eigenvalue weighted by atomic mass is 9.98. The van der Waals surface area contributed by atoms with Gasteiger partial charge in [0.1, 0.15) is 0 Å². The molecule has 2 heterocycles. The van der Waals surface area contributed by atoms with Gasteiger partial charge in [0.05, 0.1) is 11.2 Å². The standard InChI is InChI=1S/C50H36N2S/c1-3-14-37(15-4-1)49-31-32-50(53-49)39-17-11-20-42(33-39)52-47-23-10-9-22-44(47)45-34-38(27-30-48(45)52)35-25-28-41(29-26-35)51(40-18-5-2-6-19-40)46-24-12-16-36-13-7-8-21-43(36)46/h1-9,11-22,24-34H,10,23H2. The van der Waals surface area contributed by atoms with Gasteiger partial charge < -0.3 is 9.47 Å². The molecule has 0 N–H and O–H groups in total. The van der Waals surface area contributed by atoms with Crippen LogP contribution >= 0.6 is 11.3 Å². The smallest absolute Gasteiger partial charge is 0.0540 e. The van der Waals surface area contributed by atoms with E-state index in [1.807, 2.05) is 11.3 Å². The van der Waals surface area contributed by atoms with Crippen molar-refractivity contribution in [1.82, 2.24) is 4.57 Å². The molecule has 1 aliphatic rings. The minimum atomic E-state index is 1.02. The van der Waals surface area contributed by atoms with Crippen LogP contribution < -0.4 is 4.90 Å². The first-order chi connectivity index (χ1) is 26.3. The number of anilines is 3. The van der Waals surface area contributed by atoms with Gasteiger partial charge in [-0.25, -0.2) is 0 Å². The molecule has 0 radical (unpaired) electrons. The molecule has 0 spiro atoms. The van der Waals surface area contributed by atoms with Crippen molar-refractivity contribution in [3.8, 4) is 37.7 Å². The van der Waals surface area contributed by atoms with Gasteiger partial charge in [-0.2, -0.15) is 0 Å². The average molecular weight is 697 g/mol. The van der Waals surface area contributed by atoms with E-state index in [1.54, 1.807) is 0 Å². The predicted molar refractivity (Wildman–Crippen MR) is 227 cm³/mol. The van der Waals surface area contributed by atoms with Crippen molar-refractivity contribution >= 4 is 56.2 Å². The number of hydrogen-bond acceptors (Lipinski definition) is 2. The number of benzene rings is 7. The van der Waals surface area contributed by atoms with Crippen LogP contribution in [0.2, 0.25) is 0 Å². The van der Waals surface area contributed by atoms with Gasteiger partial charge in [-0.05, 0) is 107 Å². The van der Waals surface area contributed by atoms with E-state index in [9.17, 15) is 0 Å². The maximum absolute atomic E-state index is 2.50. The first-order valence-corrected chi connectivity index (χ1v) is 19.1. The Morgan fingerprint density at radius 3 is 2.02 bits per heavy atom. The average Bonchev–Trinajstić information content (AvgIpc) is 3.86. The van der Waals surface area contributed by atoms with Crippen molar-refractivity contribution in [3.05, 3.63) is 199 Å². The second-order valence-corrected chi connectivity index (χ2v) is 14.7. The van der Waals surface area contributed by atoms with E-state index in [4.69, 9.17) is 0 Å². The molecule has 7 aromatic carbocycles. The summed E-state index contributed by atoms with van der Waals surface area (Å²) in [5.74, 6) is 0. The van der Waals surface area contributed by atoms with Crippen LogP contribution in [0.5, 0.6) is 0 Å². The summed E-state index contributed by atoms with van der Waals surface area (Å²) in [6.45, 7) is 0. The van der Waals surface area contributed by atoms with Crippen molar-refractivity contribution in [3.63, 3.8) is 0 Å². The van der Waals surface area contributed by atoms with Gasteiger partial charge in [-0.1, -0.05) is 127 Å². The summed E-state index contributed by atoms with van der Waals surface area (Å²) in [6, 6.07) is 66.1. The lowest BCUT2D eigenvalue weighted by molar-refractivity contribution is 0.889. The minimum Gasteiger partial charge on any atom is -0.313 e. The van der Waals surface area contributed by atoms with E-state index in [0.717, 1.165) is 24.2 Å². The van der Waals surface area contributed by atoms with Crippen molar-refractivity contribution in [2.24, 2.45) is 0 Å². The highest BCUT2D eigenvalue weighted by atomic mass is 32.1. The van der Waals surface area contributed by atoms with Gasteiger partial charge in [-0.3, -0.25) is 0 Å². The molecule has 0 amide bonds. The van der Waals surface area contributed by atoms with E-state index in [-0.39, 0.29) is 0 Å². The number of fused-ring (bicyclic) bond motifs is 4. The van der Waals surface area contributed by atoms with Crippen LogP contribution in [-0.4, -0.2) is 4.57 Å². The van der Waals surface area contributed by atoms with E-state index >= 15 is 0 Å². The van der Waals surface area contributed by atoms with Gasteiger partial charge in [0.25, 0.3) is 0 Å². The Hall–Kier alpha value is -6.42. The van der Waals surface area contributed by atoms with Gasteiger partial charge in [0.15, 0.2) is 0 Å². The summed E-state index contributed by atoms with van der Waals surface area (Å²) in [6.07, 6.45) is 6.74. The molecule has 1 aliphatic carbocycles. The molecule has 2 nitrogen and oxygen atoms in total. The monoisotopic (exact) mass is 696 g/mol. The summed E-state index contributed by atoms with van der Waals surface area (Å²) in [5, 5.41) is 3.76.